The quantitative estimate of drug-likeness (QED) is 0.656. The standard InChI is InChI=1S/C11H8N2.Ir/c1-2-4-10-8(3-1)9-5-6-12-7-11(9)13-10;/h1-7,13H;. The van der Waals surface area contributed by atoms with Gasteiger partial charge < -0.3 is 4.98 Å². The summed E-state index contributed by atoms with van der Waals surface area (Å²) in [5, 5.41) is 2.51. The van der Waals surface area contributed by atoms with E-state index in [1.54, 1.807) is 0 Å². The maximum Gasteiger partial charge on any atom is 0.0651 e. The van der Waals surface area contributed by atoms with Gasteiger partial charge in [-0.05, 0) is 12.1 Å². The summed E-state index contributed by atoms with van der Waals surface area (Å²) < 4.78 is 0. The summed E-state index contributed by atoms with van der Waals surface area (Å²) in [5.74, 6) is 0. The van der Waals surface area contributed by atoms with Crippen molar-refractivity contribution >= 4 is 21.8 Å². The molecule has 3 aromatic rings. The Morgan fingerprint density at radius 3 is 2.64 bits per heavy atom. The van der Waals surface area contributed by atoms with Crippen LogP contribution in [0.2, 0.25) is 0 Å². The van der Waals surface area contributed by atoms with Crippen LogP contribution in [0.4, 0.5) is 0 Å². The zero-order valence-corrected chi connectivity index (χ0v) is 9.72. The number of nitrogens with zero attached hydrogens (tertiary/aromatic N) is 1. The predicted octanol–water partition coefficient (Wildman–Crippen LogP) is 2.71. The fraction of sp³-hybridized carbons (Fsp3) is 0. The van der Waals surface area contributed by atoms with Crippen molar-refractivity contribution in [2.75, 3.05) is 0 Å². The molecule has 2 nitrogen and oxygen atoms in total. The first-order chi connectivity index (χ1) is 6.45. The molecule has 0 aliphatic heterocycles. The molecule has 0 bridgehead atoms. The van der Waals surface area contributed by atoms with Crippen LogP contribution in [-0.4, -0.2) is 9.97 Å². The monoisotopic (exact) mass is 361 g/mol. The van der Waals surface area contributed by atoms with Gasteiger partial charge in [-0.15, -0.1) is 0 Å². The van der Waals surface area contributed by atoms with Crippen molar-refractivity contribution in [3.8, 4) is 0 Å². The maximum atomic E-state index is 4.08. The van der Waals surface area contributed by atoms with Crippen LogP contribution in [0.1, 0.15) is 0 Å². The Balaban J connectivity index is 0.000000750. The molecule has 1 aromatic carbocycles. The molecule has 0 saturated heterocycles. The van der Waals surface area contributed by atoms with Crippen LogP contribution < -0.4 is 0 Å². The second-order valence-corrected chi connectivity index (χ2v) is 3.09. The summed E-state index contributed by atoms with van der Waals surface area (Å²) in [6.07, 6.45) is 3.68. The van der Waals surface area contributed by atoms with Gasteiger partial charge in [0.05, 0.1) is 11.7 Å². The summed E-state index contributed by atoms with van der Waals surface area (Å²) in [7, 11) is 0. The van der Waals surface area contributed by atoms with E-state index < -0.39 is 0 Å². The molecule has 1 radical (unpaired) electrons. The number of fused-ring (bicyclic) bond motifs is 3. The van der Waals surface area contributed by atoms with Gasteiger partial charge in [0.2, 0.25) is 0 Å². The number of benzene rings is 1. The van der Waals surface area contributed by atoms with Crippen LogP contribution in [-0.2, 0) is 20.1 Å². The maximum absolute atomic E-state index is 4.08. The van der Waals surface area contributed by atoms with E-state index >= 15 is 0 Å². The number of nitrogens with one attached hydrogen (secondary N) is 1. The number of hydrogen-bond acceptors (Lipinski definition) is 1. The van der Waals surface area contributed by atoms with Crippen LogP contribution in [0.25, 0.3) is 21.8 Å². The second-order valence-electron chi connectivity index (χ2n) is 3.09. The van der Waals surface area contributed by atoms with E-state index in [1.165, 1.54) is 16.3 Å². The Morgan fingerprint density at radius 2 is 1.71 bits per heavy atom. The molecule has 0 saturated carbocycles. The average Bonchev–Trinajstić information content (AvgIpc) is 2.56. The molecule has 0 aliphatic rings. The number of hydrogen-bond donors (Lipinski definition) is 1. The average molecular weight is 360 g/mol. The molecule has 0 unspecified atom stereocenters. The van der Waals surface area contributed by atoms with Crippen LogP contribution in [0, 0.1) is 0 Å². The Kier molecular flexibility index (Phi) is 2.36. The fourth-order valence-electron chi connectivity index (χ4n) is 1.70. The molecule has 0 aliphatic carbocycles. The van der Waals surface area contributed by atoms with Crippen LogP contribution in [0.5, 0.6) is 0 Å². The third-order valence-corrected chi connectivity index (χ3v) is 2.31. The van der Waals surface area contributed by atoms with Crippen molar-refractivity contribution in [1.29, 1.82) is 0 Å². The topological polar surface area (TPSA) is 28.7 Å². The van der Waals surface area contributed by atoms with Crippen LogP contribution in [0.3, 0.4) is 0 Å². The molecule has 3 rings (SSSR count). The van der Waals surface area contributed by atoms with Crippen molar-refractivity contribution in [1.82, 2.24) is 9.97 Å². The summed E-state index contributed by atoms with van der Waals surface area (Å²) in [6.45, 7) is 0. The summed E-state index contributed by atoms with van der Waals surface area (Å²) in [5.41, 5.74) is 2.27. The Bertz CT molecular complexity index is 521. The summed E-state index contributed by atoms with van der Waals surface area (Å²) in [4.78, 5) is 7.39. The van der Waals surface area contributed by atoms with Gasteiger partial charge in [0, 0.05) is 42.6 Å². The molecule has 14 heavy (non-hydrogen) atoms. The largest absolute Gasteiger partial charge is 0.353 e. The third kappa shape index (κ3) is 1.26. The van der Waals surface area contributed by atoms with Crippen molar-refractivity contribution in [3.05, 3.63) is 42.7 Å². The smallest absolute Gasteiger partial charge is 0.0651 e. The number of pyridine rings is 1. The van der Waals surface area contributed by atoms with Gasteiger partial charge in [-0.25, -0.2) is 0 Å². The van der Waals surface area contributed by atoms with Gasteiger partial charge >= 0.3 is 0 Å². The van der Waals surface area contributed by atoms with E-state index in [4.69, 9.17) is 0 Å². The van der Waals surface area contributed by atoms with Gasteiger partial charge in [0.15, 0.2) is 0 Å². The van der Waals surface area contributed by atoms with Crippen molar-refractivity contribution in [2.45, 2.75) is 0 Å². The van der Waals surface area contributed by atoms with Crippen LogP contribution >= 0.6 is 0 Å². The van der Waals surface area contributed by atoms with E-state index in [1.807, 2.05) is 24.5 Å². The number of rotatable bonds is 0. The van der Waals surface area contributed by atoms with Crippen molar-refractivity contribution in [2.24, 2.45) is 0 Å². The Morgan fingerprint density at radius 1 is 0.929 bits per heavy atom. The van der Waals surface area contributed by atoms with E-state index in [0.29, 0.717) is 0 Å². The van der Waals surface area contributed by atoms with E-state index in [-0.39, 0.29) is 20.1 Å². The normalized spacial score (nSPS) is 10.3. The zero-order chi connectivity index (χ0) is 8.67. The first kappa shape index (κ1) is 9.38. The van der Waals surface area contributed by atoms with Gasteiger partial charge in [-0.3, -0.25) is 4.98 Å². The Hall–Kier alpha value is -1.18. The van der Waals surface area contributed by atoms with Crippen LogP contribution in [0.15, 0.2) is 42.7 Å². The molecule has 2 heterocycles. The zero-order valence-electron chi connectivity index (χ0n) is 7.32. The number of para-hydroxylation sites is 1. The molecule has 3 heteroatoms. The minimum Gasteiger partial charge on any atom is -0.353 e. The molecule has 0 amide bonds. The first-order valence-electron chi connectivity index (χ1n) is 4.25. The minimum absolute atomic E-state index is 0. The summed E-state index contributed by atoms with van der Waals surface area (Å²) in [6, 6.07) is 10.3. The minimum atomic E-state index is 0. The van der Waals surface area contributed by atoms with E-state index in [2.05, 4.69) is 28.2 Å². The van der Waals surface area contributed by atoms with Gasteiger partial charge in [-0.1, -0.05) is 18.2 Å². The van der Waals surface area contributed by atoms with E-state index in [9.17, 15) is 0 Å². The molecule has 0 spiro atoms. The molecular weight excluding hydrogens is 352 g/mol. The SMILES string of the molecule is [Ir].c1ccc2c(c1)[nH]c1cnccc12. The molecule has 1 N–H and O–H groups in total. The van der Waals surface area contributed by atoms with Crippen molar-refractivity contribution < 1.29 is 20.1 Å². The van der Waals surface area contributed by atoms with E-state index in [0.717, 1.165) is 5.52 Å². The number of H-pyrrole nitrogens is 1. The molecular formula is C11H8IrN2. The van der Waals surface area contributed by atoms with Gasteiger partial charge in [-0.2, -0.15) is 0 Å². The molecule has 2 aromatic heterocycles. The fourth-order valence-corrected chi connectivity index (χ4v) is 1.70. The third-order valence-electron chi connectivity index (χ3n) is 2.31. The molecule has 0 fully saturated rings. The summed E-state index contributed by atoms with van der Waals surface area (Å²) >= 11 is 0. The predicted molar refractivity (Wildman–Crippen MR) is 53.6 cm³/mol. The van der Waals surface area contributed by atoms with Crippen molar-refractivity contribution in [3.63, 3.8) is 0 Å². The second kappa shape index (κ2) is 3.52. The van der Waals surface area contributed by atoms with Gasteiger partial charge in [0.25, 0.3) is 0 Å². The first-order valence-corrected chi connectivity index (χ1v) is 4.25. The molecule has 0 atom stereocenters. The van der Waals surface area contributed by atoms with Gasteiger partial charge in [0.1, 0.15) is 0 Å². The molecule has 71 valence electrons. The Labute approximate surface area is 94.7 Å². The number of aromatic nitrogens is 2. The number of aromatic amines is 1.